The molecule has 1 aliphatic heterocycles. The summed E-state index contributed by atoms with van der Waals surface area (Å²) in [5.74, 6) is -0.616. The smallest absolute Gasteiger partial charge is 0.293 e. The minimum Gasteiger partial charge on any atom is -0.371 e. The molecule has 1 unspecified atom stereocenters. The van der Waals surface area contributed by atoms with Gasteiger partial charge in [-0.2, -0.15) is 0 Å². The fourth-order valence-corrected chi connectivity index (χ4v) is 4.72. The zero-order chi connectivity index (χ0) is 18.8. The number of amides is 1. The second kappa shape index (κ2) is 6.96. The summed E-state index contributed by atoms with van der Waals surface area (Å²) in [5.41, 5.74) is -0.481. The maximum atomic E-state index is 11.9. The highest BCUT2D eigenvalue weighted by molar-refractivity contribution is 7.91. The van der Waals surface area contributed by atoms with Gasteiger partial charge in [-0.25, -0.2) is 16.8 Å². The summed E-state index contributed by atoms with van der Waals surface area (Å²) in [4.78, 5) is 22.0. The van der Waals surface area contributed by atoms with Crippen LogP contribution in [-0.2, 0) is 24.5 Å². The van der Waals surface area contributed by atoms with Crippen LogP contribution in [0.3, 0.4) is 0 Å². The zero-order valence-electron chi connectivity index (χ0n) is 13.3. The molecule has 0 aromatic heterocycles. The van der Waals surface area contributed by atoms with Crippen LogP contribution in [0.4, 0.5) is 11.4 Å². The molecule has 0 radical (unpaired) electrons. The Morgan fingerprint density at radius 1 is 1.40 bits per heavy atom. The number of nitro groups is 1. The molecule has 1 aliphatic rings. The molecule has 2 rings (SSSR count). The van der Waals surface area contributed by atoms with Gasteiger partial charge in [0.25, 0.3) is 5.69 Å². The van der Waals surface area contributed by atoms with Gasteiger partial charge in [0.2, 0.25) is 5.91 Å². The van der Waals surface area contributed by atoms with E-state index >= 15 is 0 Å². The van der Waals surface area contributed by atoms with E-state index in [4.69, 9.17) is 0 Å². The second-order valence-electron chi connectivity index (χ2n) is 5.73. The molecular weight excluding hydrogens is 374 g/mol. The number of nitrogens with one attached hydrogen (secondary N) is 2. The first-order valence-corrected chi connectivity index (χ1v) is 10.9. The fourth-order valence-electron chi connectivity index (χ4n) is 2.41. The number of hydrogen-bond acceptors (Lipinski definition) is 8. The first-order chi connectivity index (χ1) is 11.5. The Hall–Kier alpha value is -2.21. The van der Waals surface area contributed by atoms with Crippen LogP contribution in [0.5, 0.6) is 0 Å². The molecule has 0 bridgehead atoms. The van der Waals surface area contributed by atoms with Crippen LogP contribution in [0.25, 0.3) is 0 Å². The highest BCUT2D eigenvalue weighted by Gasteiger charge is 2.29. The van der Waals surface area contributed by atoms with Gasteiger partial charge in [-0.15, -0.1) is 0 Å². The van der Waals surface area contributed by atoms with Crippen molar-refractivity contribution in [1.82, 2.24) is 5.32 Å². The molecule has 0 saturated carbocycles. The van der Waals surface area contributed by atoms with Crippen molar-refractivity contribution in [2.45, 2.75) is 17.4 Å². The Morgan fingerprint density at radius 3 is 2.60 bits per heavy atom. The predicted octanol–water partition coefficient (Wildman–Crippen LogP) is -0.286. The van der Waals surface area contributed by atoms with Gasteiger partial charge in [-0.1, -0.05) is 0 Å². The van der Waals surface area contributed by atoms with Gasteiger partial charge in [-0.05, 0) is 18.6 Å². The normalized spacial score (nSPS) is 19.3. The Morgan fingerprint density at radius 2 is 2.08 bits per heavy atom. The molecule has 0 spiro atoms. The van der Waals surface area contributed by atoms with E-state index in [1.807, 2.05) is 0 Å². The number of carbonyl (C=O) groups excluding carboxylic acids is 1. The fraction of sp³-hybridized carbons (Fsp3) is 0.462. The van der Waals surface area contributed by atoms with E-state index in [2.05, 4.69) is 10.6 Å². The van der Waals surface area contributed by atoms with Crippen LogP contribution < -0.4 is 10.6 Å². The van der Waals surface area contributed by atoms with Crippen molar-refractivity contribution in [2.75, 3.05) is 29.6 Å². The summed E-state index contributed by atoms with van der Waals surface area (Å²) >= 11 is 0. The number of nitrogens with zero attached hydrogens (tertiary/aromatic N) is 1. The molecule has 1 aromatic rings. The number of hydrogen-bond donors (Lipinski definition) is 2. The van der Waals surface area contributed by atoms with E-state index in [9.17, 15) is 31.7 Å². The Bertz CT molecular complexity index is 910. The lowest BCUT2D eigenvalue weighted by Gasteiger charge is -2.12. The van der Waals surface area contributed by atoms with Gasteiger partial charge in [0.05, 0.1) is 27.9 Å². The topological polar surface area (TPSA) is 153 Å². The third kappa shape index (κ3) is 5.13. The molecule has 2 N–H and O–H groups in total. The molecular formula is C13H17N3O7S2. The lowest BCUT2D eigenvalue weighted by molar-refractivity contribution is -0.384. The lowest BCUT2D eigenvalue weighted by atomic mass is 10.2. The quantitative estimate of drug-likeness (QED) is 0.496. The average molecular weight is 391 g/mol. The molecule has 1 fully saturated rings. The van der Waals surface area contributed by atoms with Crippen LogP contribution >= 0.6 is 0 Å². The number of nitro benzene ring substituents is 1. The Labute approximate surface area is 144 Å². The predicted molar refractivity (Wildman–Crippen MR) is 89.9 cm³/mol. The first kappa shape index (κ1) is 19.1. The maximum absolute atomic E-state index is 11.9. The van der Waals surface area contributed by atoms with Crippen molar-refractivity contribution in [3.8, 4) is 0 Å². The largest absolute Gasteiger partial charge is 0.371 e. The maximum Gasteiger partial charge on any atom is 0.293 e. The number of anilines is 1. The summed E-state index contributed by atoms with van der Waals surface area (Å²) < 4.78 is 45.6. The number of rotatable bonds is 6. The van der Waals surface area contributed by atoms with Crippen molar-refractivity contribution in [3.05, 3.63) is 28.3 Å². The number of sulfone groups is 2. The van der Waals surface area contributed by atoms with Crippen molar-refractivity contribution in [2.24, 2.45) is 0 Å². The van der Waals surface area contributed by atoms with Gasteiger partial charge < -0.3 is 10.6 Å². The van der Waals surface area contributed by atoms with Gasteiger partial charge >= 0.3 is 0 Å². The SMILES string of the molecule is CS(=O)(=O)c1ccc(NCC(=O)NC2CCS(=O)(=O)C2)c([N+](=O)[O-])c1. The zero-order valence-corrected chi connectivity index (χ0v) is 14.9. The summed E-state index contributed by atoms with van der Waals surface area (Å²) in [6.07, 6.45) is 1.26. The molecule has 0 aliphatic carbocycles. The minimum absolute atomic E-state index is 0.00778. The Kier molecular flexibility index (Phi) is 5.32. The second-order valence-corrected chi connectivity index (χ2v) is 9.97. The monoisotopic (exact) mass is 391 g/mol. The van der Waals surface area contributed by atoms with E-state index in [0.717, 1.165) is 12.3 Å². The standard InChI is InChI=1S/C13H17N3O7S2/c1-24(20,21)10-2-3-11(12(6-10)16(18)19)14-7-13(17)15-9-4-5-25(22,23)8-9/h2-3,6,9,14H,4-5,7-8H2,1H3,(H,15,17). The summed E-state index contributed by atoms with van der Waals surface area (Å²) in [6.45, 7) is -0.310. The third-order valence-electron chi connectivity index (χ3n) is 3.63. The van der Waals surface area contributed by atoms with Gasteiger partial charge in [0, 0.05) is 18.4 Å². The van der Waals surface area contributed by atoms with Crippen LogP contribution in [-0.4, -0.2) is 58.0 Å². The third-order valence-corrected chi connectivity index (χ3v) is 6.51. The first-order valence-electron chi connectivity index (χ1n) is 7.20. The lowest BCUT2D eigenvalue weighted by Crippen LogP contribution is -2.39. The van der Waals surface area contributed by atoms with Gasteiger partial charge in [0.1, 0.15) is 5.69 Å². The van der Waals surface area contributed by atoms with Crippen molar-refractivity contribution >= 4 is 37.0 Å². The van der Waals surface area contributed by atoms with Crippen LogP contribution in [0.2, 0.25) is 0 Å². The van der Waals surface area contributed by atoms with Crippen molar-refractivity contribution < 1.29 is 26.6 Å². The van der Waals surface area contributed by atoms with E-state index in [1.165, 1.54) is 12.1 Å². The van der Waals surface area contributed by atoms with E-state index in [0.29, 0.717) is 6.42 Å². The average Bonchev–Trinajstić information content (AvgIpc) is 2.82. The summed E-state index contributed by atoms with van der Waals surface area (Å²) in [6, 6.07) is 2.86. The highest BCUT2D eigenvalue weighted by Crippen LogP contribution is 2.27. The van der Waals surface area contributed by atoms with Gasteiger partial charge in [-0.3, -0.25) is 14.9 Å². The van der Waals surface area contributed by atoms with E-state index in [-0.39, 0.29) is 28.6 Å². The Balaban J connectivity index is 2.05. The van der Waals surface area contributed by atoms with Crippen LogP contribution in [0.15, 0.2) is 23.1 Å². The molecule has 1 heterocycles. The summed E-state index contributed by atoms with van der Waals surface area (Å²) in [7, 11) is -6.73. The minimum atomic E-state index is -3.60. The van der Waals surface area contributed by atoms with Crippen LogP contribution in [0.1, 0.15) is 6.42 Å². The molecule has 1 amide bonds. The molecule has 10 nitrogen and oxygen atoms in total. The molecule has 12 heteroatoms. The number of carbonyl (C=O) groups is 1. The highest BCUT2D eigenvalue weighted by atomic mass is 32.2. The molecule has 1 saturated heterocycles. The molecule has 1 atom stereocenters. The molecule has 138 valence electrons. The van der Waals surface area contributed by atoms with E-state index < -0.39 is 42.2 Å². The van der Waals surface area contributed by atoms with E-state index in [1.54, 1.807) is 0 Å². The number of benzene rings is 1. The summed E-state index contributed by atoms with van der Waals surface area (Å²) in [5, 5.41) is 16.2. The van der Waals surface area contributed by atoms with Crippen molar-refractivity contribution in [1.29, 1.82) is 0 Å². The van der Waals surface area contributed by atoms with Crippen LogP contribution in [0, 0.1) is 10.1 Å². The molecule has 25 heavy (non-hydrogen) atoms. The molecule has 1 aromatic carbocycles. The van der Waals surface area contributed by atoms with Gasteiger partial charge in [0.15, 0.2) is 19.7 Å². The van der Waals surface area contributed by atoms with Crippen molar-refractivity contribution in [3.63, 3.8) is 0 Å².